The number of hydrogen-bond donors (Lipinski definition) is 1. The van der Waals surface area contributed by atoms with Gasteiger partial charge in [-0.1, -0.05) is 72.4 Å². The number of nitrogens with zero attached hydrogens (tertiary/aromatic N) is 1. The normalized spacial score (nSPS) is 14.0. The minimum Gasteiger partial charge on any atom is -0.301 e. The first kappa shape index (κ1) is 16.8. The van der Waals surface area contributed by atoms with E-state index in [1.54, 1.807) is 0 Å². The number of nitrogens with one attached hydrogen (secondary N) is 1. The van der Waals surface area contributed by atoms with E-state index >= 15 is 0 Å². The van der Waals surface area contributed by atoms with Crippen LogP contribution in [0.1, 0.15) is 38.8 Å². The number of benzene rings is 2. The van der Waals surface area contributed by atoms with Gasteiger partial charge in [-0.15, -0.1) is 0 Å². The van der Waals surface area contributed by atoms with E-state index < -0.39 is 5.25 Å². The molecule has 4 rings (SSSR count). The highest BCUT2D eigenvalue weighted by Crippen LogP contribution is 2.36. The number of carbonyl (C=O) groups is 1. The summed E-state index contributed by atoms with van der Waals surface area (Å²) in [6, 6.07) is 18.9. The van der Waals surface area contributed by atoms with Gasteiger partial charge in [-0.2, -0.15) is 0 Å². The quantitative estimate of drug-likeness (QED) is 0.424. The van der Waals surface area contributed by atoms with Crippen LogP contribution in [-0.2, 0) is 12.8 Å². The lowest BCUT2D eigenvalue weighted by atomic mass is 10.0. The first-order valence-corrected chi connectivity index (χ1v) is 9.53. The summed E-state index contributed by atoms with van der Waals surface area (Å²) in [5.74, 6) is 0.00458. The molecule has 0 spiro atoms. The molecule has 4 nitrogen and oxygen atoms in total. The van der Waals surface area contributed by atoms with E-state index in [4.69, 9.17) is 0 Å². The van der Waals surface area contributed by atoms with E-state index in [-0.39, 0.29) is 11.3 Å². The van der Waals surface area contributed by atoms with E-state index in [1.807, 2.05) is 60.7 Å². The Morgan fingerprint density at radius 1 is 1.00 bits per heavy atom. The molecular formula is C21H18N2O2S. The highest BCUT2D eigenvalue weighted by atomic mass is 32.2. The maximum atomic E-state index is 13.1. The molecule has 0 bridgehead atoms. The number of fused-ring (bicyclic) bond motifs is 1. The molecular weight excluding hydrogens is 344 g/mol. The van der Waals surface area contributed by atoms with Gasteiger partial charge in [0.15, 0.2) is 10.9 Å². The van der Waals surface area contributed by atoms with Crippen LogP contribution in [0, 0.1) is 0 Å². The maximum absolute atomic E-state index is 13.1. The first-order chi connectivity index (χ1) is 12.7. The fourth-order valence-corrected chi connectivity index (χ4v) is 4.31. The molecule has 0 amide bonds. The standard InChI is InChI=1S/C21H18N2O2S/c24-18(14-8-3-1-4-9-14)19(15-10-5-2-6-11-15)26-21-22-17-13-7-12-16(17)20(25)23-21/h1-6,8-11,19H,7,12-13H2,(H,22,23,25). The van der Waals surface area contributed by atoms with E-state index in [9.17, 15) is 9.59 Å². The van der Waals surface area contributed by atoms with Gasteiger partial charge in [-0.3, -0.25) is 9.59 Å². The van der Waals surface area contributed by atoms with Crippen molar-refractivity contribution in [3.05, 3.63) is 93.4 Å². The molecule has 26 heavy (non-hydrogen) atoms. The van der Waals surface area contributed by atoms with E-state index in [0.29, 0.717) is 10.7 Å². The Labute approximate surface area is 155 Å². The summed E-state index contributed by atoms with van der Waals surface area (Å²) in [6.45, 7) is 0. The van der Waals surface area contributed by atoms with Crippen LogP contribution in [0.25, 0.3) is 0 Å². The van der Waals surface area contributed by atoms with Crippen LogP contribution in [0.15, 0.2) is 70.6 Å². The SMILES string of the molecule is O=C(c1ccccc1)C(Sc1nc2c(c(=O)[nH]1)CCC2)c1ccccc1. The van der Waals surface area contributed by atoms with Crippen molar-refractivity contribution in [1.82, 2.24) is 9.97 Å². The summed E-state index contributed by atoms with van der Waals surface area (Å²) < 4.78 is 0. The third kappa shape index (κ3) is 3.35. The number of aromatic amines is 1. The number of rotatable bonds is 5. The fourth-order valence-electron chi connectivity index (χ4n) is 3.24. The van der Waals surface area contributed by atoms with Gasteiger partial charge in [0.25, 0.3) is 5.56 Å². The Balaban J connectivity index is 1.71. The molecule has 2 aromatic carbocycles. The van der Waals surface area contributed by atoms with Gasteiger partial charge in [-0.05, 0) is 24.8 Å². The molecule has 5 heteroatoms. The van der Waals surface area contributed by atoms with Crippen molar-refractivity contribution >= 4 is 17.5 Å². The summed E-state index contributed by atoms with van der Waals surface area (Å²) in [7, 11) is 0. The molecule has 1 unspecified atom stereocenters. The third-order valence-electron chi connectivity index (χ3n) is 4.55. The number of Topliss-reactive ketones (excluding diaryl/α,β-unsaturated/α-hetero) is 1. The smallest absolute Gasteiger partial charge is 0.254 e. The summed E-state index contributed by atoms with van der Waals surface area (Å²) in [5.41, 5.74) is 3.14. The van der Waals surface area contributed by atoms with Gasteiger partial charge in [0, 0.05) is 11.1 Å². The van der Waals surface area contributed by atoms with E-state index in [2.05, 4.69) is 9.97 Å². The summed E-state index contributed by atoms with van der Waals surface area (Å²) >= 11 is 1.31. The lowest BCUT2D eigenvalue weighted by Gasteiger charge is -2.16. The van der Waals surface area contributed by atoms with Crippen LogP contribution in [0.5, 0.6) is 0 Å². The molecule has 0 saturated heterocycles. The first-order valence-electron chi connectivity index (χ1n) is 8.65. The second kappa shape index (κ2) is 7.30. The zero-order valence-electron chi connectivity index (χ0n) is 14.1. The Morgan fingerprint density at radius 3 is 2.42 bits per heavy atom. The fraction of sp³-hybridized carbons (Fsp3) is 0.190. The molecule has 1 heterocycles. The zero-order valence-corrected chi connectivity index (χ0v) is 15.0. The van der Waals surface area contributed by atoms with Gasteiger partial charge >= 0.3 is 0 Å². The van der Waals surface area contributed by atoms with Crippen LogP contribution < -0.4 is 5.56 Å². The Kier molecular flexibility index (Phi) is 4.71. The summed E-state index contributed by atoms with van der Waals surface area (Å²) in [6.07, 6.45) is 2.58. The molecule has 1 atom stereocenters. The second-order valence-corrected chi connectivity index (χ2v) is 7.38. The van der Waals surface area contributed by atoms with Gasteiger partial charge in [0.05, 0.1) is 5.69 Å². The van der Waals surface area contributed by atoms with Crippen LogP contribution >= 0.6 is 11.8 Å². The molecule has 3 aromatic rings. The number of thioether (sulfide) groups is 1. The number of carbonyl (C=O) groups excluding carboxylic acids is 1. The van der Waals surface area contributed by atoms with Gasteiger partial charge in [0.2, 0.25) is 0 Å². The number of aryl methyl sites for hydroxylation is 1. The molecule has 0 fully saturated rings. The zero-order chi connectivity index (χ0) is 17.9. The third-order valence-corrected chi connectivity index (χ3v) is 5.69. The van der Waals surface area contributed by atoms with E-state index in [0.717, 1.165) is 36.1 Å². The average Bonchev–Trinajstić information content (AvgIpc) is 3.16. The Morgan fingerprint density at radius 2 is 1.69 bits per heavy atom. The van der Waals surface area contributed by atoms with Crippen molar-refractivity contribution in [3.63, 3.8) is 0 Å². The van der Waals surface area contributed by atoms with Crippen molar-refractivity contribution in [2.45, 2.75) is 29.7 Å². The highest BCUT2D eigenvalue weighted by Gasteiger charge is 2.25. The minimum absolute atomic E-state index is 0.00458. The van der Waals surface area contributed by atoms with Crippen LogP contribution in [0.4, 0.5) is 0 Å². The Bertz CT molecular complexity index is 984. The van der Waals surface area contributed by atoms with Crippen molar-refractivity contribution in [2.75, 3.05) is 0 Å². The predicted octanol–water partition coefficient (Wildman–Crippen LogP) is 3.97. The van der Waals surface area contributed by atoms with Crippen LogP contribution in [0.2, 0.25) is 0 Å². The van der Waals surface area contributed by atoms with Crippen molar-refractivity contribution in [3.8, 4) is 0 Å². The second-order valence-electron chi connectivity index (χ2n) is 6.29. The molecule has 1 aliphatic rings. The topological polar surface area (TPSA) is 62.8 Å². The monoisotopic (exact) mass is 362 g/mol. The predicted molar refractivity (Wildman–Crippen MR) is 103 cm³/mol. The number of aromatic nitrogens is 2. The molecule has 1 aromatic heterocycles. The van der Waals surface area contributed by atoms with Crippen molar-refractivity contribution in [1.29, 1.82) is 0 Å². The molecule has 130 valence electrons. The van der Waals surface area contributed by atoms with Crippen LogP contribution in [-0.4, -0.2) is 15.8 Å². The number of hydrogen-bond acceptors (Lipinski definition) is 4. The van der Waals surface area contributed by atoms with Crippen LogP contribution in [0.3, 0.4) is 0 Å². The number of ketones is 1. The Hall–Kier alpha value is -2.66. The molecule has 0 radical (unpaired) electrons. The van der Waals surface area contributed by atoms with E-state index in [1.165, 1.54) is 11.8 Å². The average molecular weight is 362 g/mol. The van der Waals surface area contributed by atoms with Crippen molar-refractivity contribution in [2.24, 2.45) is 0 Å². The highest BCUT2D eigenvalue weighted by molar-refractivity contribution is 8.00. The molecule has 1 N–H and O–H groups in total. The maximum Gasteiger partial charge on any atom is 0.254 e. The summed E-state index contributed by atoms with van der Waals surface area (Å²) in [5, 5.41) is 0.0509. The molecule has 1 aliphatic carbocycles. The lowest BCUT2D eigenvalue weighted by molar-refractivity contribution is 0.0989. The minimum atomic E-state index is -0.457. The van der Waals surface area contributed by atoms with Crippen molar-refractivity contribution < 1.29 is 4.79 Å². The van der Waals surface area contributed by atoms with Gasteiger partial charge in [-0.25, -0.2) is 4.98 Å². The summed E-state index contributed by atoms with van der Waals surface area (Å²) in [4.78, 5) is 32.9. The van der Waals surface area contributed by atoms with Gasteiger partial charge in [0.1, 0.15) is 5.25 Å². The largest absolute Gasteiger partial charge is 0.301 e. The lowest BCUT2D eigenvalue weighted by Crippen LogP contribution is -2.17. The number of H-pyrrole nitrogens is 1. The molecule has 0 aliphatic heterocycles. The van der Waals surface area contributed by atoms with Gasteiger partial charge < -0.3 is 4.98 Å². The molecule has 0 saturated carbocycles.